The Kier molecular flexibility index (Phi) is 4.94. The first-order chi connectivity index (χ1) is 12.0. The van der Waals surface area contributed by atoms with E-state index in [-0.39, 0.29) is 11.9 Å². The number of nitrogens with two attached hydrogens (primary N) is 1. The third-order valence-electron chi connectivity index (χ3n) is 4.99. The van der Waals surface area contributed by atoms with Crippen molar-refractivity contribution >= 4 is 11.7 Å². The van der Waals surface area contributed by atoms with Crippen molar-refractivity contribution in [3.8, 4) is 5.75 Å². The molecule has 1 amide bonds. The average Bonchev–Trinajstić information content (AvgIpc) is 3.16. The van der Waals surface area contributed by atoms with Crippen LogP contribution >= 0.6 is 0 Å². The van der Waals surface area contributed by atoms with Crippen LogP contribution in [-0.4, -0.2) is 47.8 Å². The van der Waals surface area contributed by atoms with Crippen LogP contribution in [0.15, 0.2) is 30.5 Å². The van der Waals surface area contributed by atoms with E-state index in [1.165, 1.54) is 16.4 Å². The van der Waals surface area contributed by atoms with Gasteiger partial charge in [-0.2, -0.15) is 5.10 Å². The molecule has 7 heteroatoms. The lowest BCUT2D eigenvalue weighted by Crippen LogP contribution is -2.32. The molecule has 1 saturated heterocycles. The van der Waals surface area contributed by atoms with Gasteiger partial charge in [-0.3, -0.25) is 14.4 Å². The average molecular weight is 343 g/mol. The zero-order valence-corrected chi connectivity index (χ0v) is 14.9. The van der Waals surface area contributed by atoms with Crippen molar-refractivity contribution in [1.29, 1.82) is 0 Å². The number of amides is 1. The molecule has 0 bridgehead atoms. The Morgan fingerprint density at radius 1 is 1.36 bits per heavy atom. The summed E-state index contributed by atoms with van der Waals surface area (Å²) in [5.41, 5.74) is 7.54. The van der Waals surface area contributed by atoms with Crippen LogP contribution < -0.4 is 15.8 Å². The SMILES string of the molecule is COc1ccc(C2C(CNC(=O)c3cnn(C)c3N)CCN2C)cc1. The van der Waals surface area contributed by atoms with E-state index in [0.29, 0.717) is 23.8 Å². The predicted molar refractivity (Wildman–Crippen MR) is 96.4 cm³/mol. The summed E-state index contributed by atoms with van der Waals surface area (Å²) in [5, 5.41) is 7.03. The van der Waals surface area contributed by atoms with Crippen molar-refractivity contribution in [3.63, 3.8) is 0 Å². The summed E-state index contributed by atoms with van der Waals surface area (Å²) in [7, 11) is 5.51. The van der Waals surface area contributed by atoms with Crippen molar-refractivity contribution in [2.45, 2.75) is 12.5 Å². The van der Waals surface area contributed by atoms with Gasteiger partial charge in [0.1, 0.15) is 17.1 Å². The third kappa shape index (κ3) is 3.46. The lowest BCUT2D eigenvalue weighted by atomic mass is 9.93. The Balaban J connectivity index is 1.68. The monoisotopic (exact) mass is 343 g/mol. The van der Waals surface area contributed by atoms with E-state index in [1.54, 1.807) is 14.2 Å². The molecule has 1 aromatic carbocycles. The summed E-state index contributed by atoms with van der Waals surface area (Å²) in [4.78, 5) is 14.7. The molecule has 134 valence electrons. The van der Waals surface area contributed by atoms with Gasteiger partial charge in [-0.25, -0.2) is 0 Å². The number of carbonyl (C=O) groups excluding carboxylic acids is 1. The molecule has 1 aliphatic rings. The van der Waals surface area contributed by atoms with E-state index in [1.807, 2.05) is 12.1 Å². The van der Waals surface area contributed by atoms with E-state index in [9.17, 15) is 4.79 Å². The fourth-order valence-corrected chi connectivity index (χ4v) is 3.51. The predicted octanol–water partition coefficient (Wildman–Crippen LogP) is 1.43. The van der Waals surface area contributed by atoms with Gasteiger partial charge in [0.15, 0.2) is 0 Å². The summed E-state index contributed by atoms with van der Waals surface area (Å²) < 4.78 is 6.73. The minimum absolute atomic E-state index is 0.173. The zero-order chi connectivity index (χ0) is 18.0. The second kappa shape index (κ2) is 7.14. The lowest BCUT2D eigenvalue weighted by Gasteiger charge is -2.26. The number of anilines is 1. The van der Waals surface area contributed by atoms with E-state index < -0.39 is 0 Å². The Hall–Kier alpha value is -2.54. The van der Waals surface area contributed by atoms with Crippen molar-refractivity contribution in [1.82, 2.24) is 20.0 Å². The number of methoxy groups -OCH3 is 1. The minimum atomic E-state index is -0.173. The molecule has 1 fully saturated rings. The first kappa shape index (κ1) is 17.3. The number of nitrogen functional groups attached to an aromatic ring is 1. The molecule has 2 atom stereocenters. The van der Waals surface area contributed by atoms with Crippen LogP contribution in [0, 0.1) is 5.92 Å². The van der Waals surface area contributed by atoms with Crippen LogP contribution in [0.25, 0.3) is 0 Å². The second-order valence-corrected chi connectivity index (χ2v) is 6.52. The van der Waals surface area contributed by atoms with E-state index >= 15 is 0 Å². The molecule has 3 rings (SSSR count). The van der Waals surface area contributed by atoms with Crippen LogP contribution in [0.4, 0.5) is 5.82 Å². The summed E-state index contributed by atoms with van der Waals surface area (Å²) in [5.74, 6) is 1.41. The maximum Gasteiger partial charge on any atom is 0.256 e. The van der Waals surface area contributed by atoms with Crippen LogP contribution in [0.1, 0.15) is 28.4 Å². The summed E-state index contributed by atoms with van der Waals surface area (Å²) in [6.07, 6.45) is 2.54. The number of nitrogens with one attached hydrogen (secondary N) is 1. The molecule has 2 heterocycles. The van der Waals surface area contributed by atoms with Crippen LogP contribution in [0.2, 0.25) is 0 Å². The van der Waals surface area contributed by atoms with Gasteiger partial charge in [-0.1, -0.05) is 12.1 Å². The summed E-state index contributed by atoms with van der Waals surface area (Å²) >= 11 is 0. The molecule has 1 aliphatic heterocycles. The molecule has 0 radical (unpaired) electrons. The van der Waals surface area contributed by atoms with Gasteiger partial charge in [-0.15, -0.1) is 0 Å². The third-order valence-corrected chi connectivity index (χ3v) is 4.99. The first-order valence-corrected chi connectivity index (χ1v) is 8.41. The smallest absolute Gasteiger partial charge is 0.256 e. The first-order valence-electron chi connectivity index (χ1n) is 8.41. The number of hydrogen-bond acceptors (Lipinski definition) is 5. The fourth-order valence-electron chi connectivity index (χ4n) is 3.51. The molecular formula is C18H25N5O2. The van der Waals surface area contributed by atoms with E-state index in [4.69, 9.17) is 10.5 Å². The Bertz CT molecular complexity index is 740. The number of likely N-dealkylation sites (tertiary alicyclic amines) is 1. The standard InChI is InChI=1S/C18H25N5O2/c1-22-9-8-13(16(22)12-4-6-14(25-3)7-5-12)10-20-18(24)15-11-21-23(2)17(15)19/h4-7,11,13,16H,8-10,19H2,1-3H3,(H,20,24). The van der Waals surface area contributed by atoms with E-state index in [2.05, 4.69) is 34.5 Å². The summed E-state index contributed by atoms with van der Waals surface area (Å²) in [6.45, 7) is 1.61. The van der Waals surface area contributed by atoms with Gasteiger partial charge in [-0.05, 0) is 43.6 Å². The van der Waals surface area contributed by atoms with Crippen LogP contribution in [0.5, 0.6) is 5.75 Å². The number of carbonyl (C=O) groups is 1. The van der Waals surface area contributed by atoms with Gasteiger partial charge in [0, 0.05) is 19.6 Å². The normalized spacial score (nSPS) is 20.6. The summed E-state index contributed by atoms with van der Waals surface area (Å²) in [6, 6.07) is 8.43. The molecule has 0 aliphatic carbocycles. The van der Waals surface area contributed by atoms with Crippen molar-refractivity contribution in [2.24, 2.45) is 13.0 Å². The minimum Gasteiger partial charge on any atom is -0.497 e. The number of hydrogen-bond donors (Lipinski definition) is 2. The number of rotatable bonds is 5. The van der Waals surface area contributed by atoms with Crippen LogP contribution in [-0.2, 0) is 7.05 Å². The van der Waals surface area contributed by atoms with Gasteiger partial charge in [0.05, 0.1) is 13.3 Å². The highest BCUT2D eigenvalue weighted by molar-refractivity contribution is 5.98. The number of aryl methyl sites for hydroxylation is 1. The largest absolute Gasteiger partial charge is 0.497 e. The molecule has 25 heavy (non-hydrogen) atoms. The zero-order valence-electron chi connectivity index (χ0n) is 14.9. The highest BCUT2D eigenvalue weighted by Gasteiger charge is 2.33. The number of nitrogens with zero attached hydrogens (tertiary/aromatic N) is 3. The Labute approximate surface area is 147 Å². The molecule has 0 saturated carbocycles. The molecule has 3 N–H and O–H groups in total. The molecular weight excluding hydrogens is 318 g/mol. The maximum atomic E-state index is 12.4. The molecule has 7 nitrogen and oxygen atoms in total. The van der Waals surface area contributed by atoms with Gasteiger partial charge < -0.3 is 15.8 Å². The number of aromatic nitrogens is 2. The Morgan fingerprint density at radius 2 is 2.08 bits per heavy atom. The highest BCUT2D eigenvalue weighted by Crippen LogP contribution is 2.36. The van der Waals surface area contributed by atoms with Crippen molar-refractivity contribution in [3.05, 3.63) is 41.6 Å². The van der Waals surface area contributed by atoms with Crippen LogP contribution in [0.3, 0.4) is 0 Å². The van der Waals surface area contributed by atoms with Gasteiger partial charge in [0.25, 0.3) is 5.91 Å². The van der Waals surface area contributed by atoms with Gasteiger partial charge in [0.2, 0.25) is 0 Å². The quantitative estimate of drug-likeness (QED) is 0.858. The fraction of sp³-hybridized carbons (Fsp3) is 0.444. The van der Waals surface area contributed by atoms with Crippen molar-refractivity contribution in [2.75, 3.05) is 33.0 Å². The van der Waals surface area contributed by atoms with Crippen molar-refractivity contribution < 1.29 is 9.53 Å². The maximum absolute atomic E-state index is 12.4. The molecule has 2 unspecified atom stereocenters. The highest BCUT2D eigenvalue weighted by atomic mass is 16.5. The Morgan fingerprint density at radius 3 is 2.68 bits per heavy atom. The number of benzene rings is 1. The second-order valence-electron chi connectivity index (χ2n) is 6.52. The van der Waals surface area contributed by atoms with E-state index in [0.717, 1.165) is 18.7 Å². The van der Waals surface area contributed by atoms with Gasteiger partial charge >= 0.3 is 0 Å². The lowest BCUT2D eigenvalue weighted by molar-refractivity contribution is 0.0944. The molecule has 1 aromatic heterocycles. The molecule has 0 spiro atoms. The topological polar surface area (TPSA) is 85.4 Å². The molecule has 2 aromatic rings. The number of ether oxygens (including phenoxy) is 1.